The summed E-state index contributed by atoms with van der Waals surface area (Å²) in [4.78, 5) is 52.5. The number of nitrogens with zero attached hydrogens (tertiary/aromatic N) is 1. The van der Waals surface area contributed by atoms with E-state index in [2.05, 4.69) is 17.2 Å². The first-order valence-electron chi connectivity index (χ1n) is 12.5. The van der Waals surface area contributed by atoms with Crippen molar-refractivity contribution in [1.82, 2.24) is 15.5 Å². The van der Waals surface area contributed by atoms with Crippen molar-refractivity contribution < 1.29 is 23.9 Å². The Bertz CT molecular complexity index is 933. The summed E-state index contributed by atoms with van der Waals surface area (Å²) in [5, 5.41) is 5.51. The number of hydrogen-bond donors (Lipinski definition) is 3. The Morgan fingerprint density at radius 3 is 2.47 bits per heavy atom. The van der Waals surface area contributed by atoms with E-state index in [0.29, 0.717) is 43.4 Å². The molecule has 5 atom stereocenters. The highest BCUT2D eigenvalue weighted by molar-refractivity contribution is 5.94. The maximum atomic E-state index is 13.2. The molecule has 1 aromatic rings. The molecule has 0 radical (unpaired) electrons. The van der Waals surface area contributed by atoms with E-state index in [1.807, 2.05) is 26.0 Å². The van der Waals surface area contributed by atoms with Crippen LogP contribution in [-0.4, -0.2) is 66.7 Å². The largest absolute Gasteiger partial charge is 0.497 e. The molecule has 1 aliphatic rings. The SMILES string of the molecule is C=C(C)CC(NC(=O)C1CCCN1C(=O)C(N)C(C)CC)C(=O)NC(C=O)Cc1ccc(OC)cc1. The summed E-state index contributed by atoms with van der Waals surface area (Å²) in [6, 6.07) is 4.16. The summed E-state index contributed by atoms with van der Waals surface area (Å²) in [5.74, 6) is -0.446. The average molecular weight is 501 g/mol. The van der Waals surface area contributed by atoms with Crippen LogP contribution in [0, 0.1) is 5.92 Å². The summed E-state index contributed by atoms with van der Waals surface area (Å²) < 4.78 is 5.15. The Morgan fingerprint density at radius 1 is 1.25 bits per heavy atom. The van der Waals surface area contributed by atoms with Crippen molar-refractivity contribution in [2.75, 3.05) is 13.7 Å². The van der Waals surface area contributed by atoms with E-state index in [0.717, 1.165) is 12.0 Å². The second-order valence-electron chi connectivity index (χ2n) is 9.63. The minimum Gasteiger partial charge on any atom is -0.497 e. The summed E-state index contributed by atoms with van der Waals surface area (Å²) >= 11 is 0. The van der Waals surface area contributed by atoms with Gasteiger partial charge in [-0.1, -0.05) is 38.0 Å². The van der Waals surface area contributed by atoms with E-state index in [9.17, 15) is 19.2 Å². The van der Waals surface area contributed by atoms with Gasteiger partial charge in [0.1, 0.15) is 24.1 Å². The number of rotatable bonds is 13. The predicted octanol–water partition coefficient (Wildman–Crippen LogP) is 1.74. The van der Waals surface area contributed by atoms with E-state index in [-0.39, 0.29) is 18.2 Å². The number of carbonyl (C=O) groups excluding carboxylic acids is 4. The van der Waals surface area contributed by atoms with Gasteiger partial charge in [0.15, 0.2) is 0 Å². The second-order valence-corrected chi connectivity index (χ2v) is 9.63. The van der Waals surface area contributed by atoms with E-state index in [4.69, 9.17) is 10.5 Å². The molecule has 5 unspecified atom stereocenters. The molecule has 36 heavy (non-hydrogen) atoms. The third-order valence-electron chi connectivity index (χ3n) is 6.67. The predicted molar refractivity (Wildman–Crippen MR) is 138 cm³/mol. The quantitative estimate of drug-likeness (QED) is 0.279. The molecule has 0 bridgehead atoms. The van der Waals surface area contributed by atoms with Gasteiger partial charge >= 0.3 is 0 Å². The standard InChI is InChI=1S/C27H40N4O5/c1-6-18(4)24(28)27(35)31-13-7-8-23(31)26(34)30-22(14-17(2)3)25(33)29-20(16-32)15-19-9-11-21(36-5)12-10-19/h9-12,16,18,20,22-24H,2,6-8,13-15,28H2,1,3-5H3,(H,29,33)(H,30,34). The summed E-state index contributed by atoms with van der Waals surface area (Å²) in [7, 11) is 1.57. The van der Waals surface area contributed by atoms with Crippen molar-refractivity contribution in [1.29, 1.82) is 0 Å². The molecule has 1 aliphatic heterocycles. The zero-order valence-electron chi connectivity index (χ0n) is 21.8. The molecular weight excluding hydrogens is 460 g/mol. The van der Waals surface area contributed by atoms with E-state index < -0.39 is 36.0 Å². The number of nitrogens with one attached hydrogen (secondary N) is 2. The minimum atomic E-state index is -0.922. The van der Waals surface area contributed by atoms with Gasteiger partial charge in [0, 0.05) is 6.54 Å². The van der Waals surface area contributed by atoms with Crippen LogP contribution in [0.2, 0.25) is 0 Å². The minimum absolute atomic E-state index is 0.00488. The summed E-state index contributed by atoms with van der Waals surface area (Å²) in [6.45, 7) is 9.96. The molecule has 0 spiro atoms. The maximum Gasteiger partial charge on any atom is 0.243 e. The molecule has 1 fully saturated rings. The van der Waals surface area contributed by atoms with Crippen LogP contribution in [0.1, 0.15) is 52.0 Å². The van der Waals surface area contributed by atoms with Crippen LogP contribution < -0.4 is 21.1 Å². The fraction of sp³-hybridized carbons (Fsp3) is 0.556. The maximum absolute atomic E-state index is 13.2. The van der Waals surface area contributed by atoms with Crippen molar-refractivity contribution in [2.24, 2.45) is 11.7 Å². The molecule has 0 aromatic heterocycles. The molecule has 4 N–H and O–H groups in total. The lowest BCUT2D eigenvalue weighted by Gasteiger charge is -2.30. The monoisotopic (exact) mass is 500 g/mol. The normalized spacial score (nSPS) is 18.5. The first-order chi connectivity index (χ1) is 17.1. The van der Waals surface area contributed by atoms with Crippen LogP contribution in [0.25, 0.3) is 0 Å². The van der Waals surface area contributed by atoms with Crippen LogP contribution in [0.4, 0.5) is 0 Å². The van der Waals surface area contributed by atoms with Crippen LogP contribution in [0.3, 0.4) is 0 Å². The zero-order chi connectivity index (χ0) is 26.8. The molecule has 198 valence electrons. The highest BCUT2D eigenvalue weighted by Crippen LogP contribution is 2.21. The van der Waals surface area contributed by atoms with Crippen LogP contribution >= 0.6 is 0 Å². The highest BCUT2D eigenvalue weighted by atomic mass is 16.5. The number of amides is 3. The van der Waals surface area contributed by atoms with E-state index >= 15 is 0 Å². The Balaban J connectivity index is 2.08. The lowest BCUT2D eigenvalue weighted by Crippen LogP contribution is -2.56. The van der Waals surface area contributed by atoms with Gasteiger partial charge in [0.25, 0.3) is 0 Å². The number of likely N-dealkylation sites (tertiary alicyclic amines) is 1. The number of carbonyl (C=O) groups is 4. The number of benzene rings is 1. The lowest BCUT2D eigenvalue weighted by atomic mass is 9.98. The van der Waals surface area contributed by atoms with Gasteiger partial charge in [-0.3, -0.25) is 14.4 Å². The van der Waals surface area contributed by atoms with Gasteiger partial charge in [0.05, 0.1) is 19.2 Å². The molecule has 9 heteroatoms. The molecule has 1 saturated heterocycles. The van der Waals surface area contributed by atoms with Crippen molar-refractivity contribution in [3.8, 4) is 5.75 Å². The number of ether oxygens (including phenoxy) is 1. The van der Waals surface area contributed by atoms with Gasteiger partial charge in [-0.25, -0.2) is 0 Å². The van der Waals surface area contributed by atoms with E-state index in [1.54, 1.807) is 26.2 Å². The first kappa shape index (κ1) is 29.0. The van der Waals surface area contributed by atoms with Crippen molar-refractivity contribution in [3.05, 3.63) is 42.0 Å². The number of methoxy groups -OCH3 is 1. The third-order valence-corrected chi connectivity index (χ3v) is 6.67. The second kappa shape index (κ2) is 13.8. The van der Waals surface area contributed by atoms with Crippen LogP contribution in [-0.2, 0) is 25.6 Å². The molecule has 1 aromatic carbocycles. The molecule has 2 rings (SSSR count). The van der Waals surface area contributed by atoms with Crippen molar-refractivity contribution in [3.63, 3.8) is 0 Å². The number of hydrogen-bond acceptors (Lipinski definition) is 6. The van der Waals surface area contributed by atoms with Crippen molar-refractivity contribution in [2.45, 2.75) is 77.0 Å². The van der Waals surface area contributed by atoms with Crippen LogP contribution in [0.15, 0.2) is 36.4 Å². The molecule has 0 aliphatic carbocycles. The zero-order valence-corrected chi connectivity index (χ0v) is 21.8. The summed E-state index contributed by atoms with van der Waals surface area (Å²) in [5.41, 5.74) is 7.69. The van der Waals surface area contributed by atoms with Crippen molar-refractivity contribution >= 4 is 24.0 Å². The Kier molecular flexibility index (Phi) is 11.1. The fourth-order valence-corrected chi connectivity index (χ4v) is 4.25. The molecule has 1 heterocycles. The van der Waals surface area contributed by atoms with Gasteiger partial charge in [0.2, 0.25) is 17.7 Å². The van der Waals surface area contributed by atoms with Crippen LogP contribution in [0.5, 0.6) is 5.75 Å². The topological polar surface area (TPSA) is 131 Å². The first-order valence-corrected chi connectivity index (χ1v) is 12.5. The summed E-state index contributed by atoms with van der Waals surface area (Å²) in [6.07, 6.45) is 3.12. The van der Waals surface area contributed by atoms with Gasteiger partial charge in [-0.05, 0) is 56.2 Å². The fourth-order valence-electron chi connectivity index (χ4n) is 4.25. The average Bonchev–Trinajstić information content (AvgIpc) is 3.36. The number of aldehydes is 1. The molecule has 0 saturated carbocycles. The van der Waals surface area contributed by atoms with Gasteiger partial charge < -0.3 is 30.8 Å². The third kappa shape index (κ3) is 7.91. The van der Waals surface area contributed by atoms with E-state index in [1.165, 1.54) is 4.90 Å². The molecular formula is C27H40N4O5. The van der Waals surface area contributed by atoms with Gasteiger partial charge in [-0.15, -0.1) is 6.58 Å². The Hall–Kier alpha value is -3.20. The number of nitrogens with two attached hydrogens (primary N) is 1. The lowest BCUT2D eigenvalue weighted by molar-refractivity contribution is -0.141. The molecule has 9 nitrogen and oxygen atoms in total. The Labute approximate surface area is 213 Å². The smallest absolute Gasteiger partial charge is 0.243 e. The Morgan fingerprint density at radius 2 is 1.92 bits per heavy atom. The van der Waals surface area contributed by atoms with Gasteiger partial charge in [-0.2, -0.15) is 0 Å². The molecule has 3 amide bonds. The highest BCUT2D eigenvalue weighted by Gasteiger charge is 2.38.